The number of carbonyl (C=O) groups excluding carboxylic acids is 8. The Kier molecular flexibility index (Phi) is 24.7. The highest BCUT2D eigenvalue weighted by molar-refractivity contribution is 7.80. The van der Waals surface area contributed by atoms with Crippen molar-refractivity contribution in [1.82, 2.24) is 36.4 Å². The Hall–Kier alpha value is -7.56. The number of nitrogens with zero attached hydrogens (tertiary/aromatic N) is 4. The molecule has 0 aromatic heterocycles. The van der Waals surface area contributed by atoms with Crippen LogP contribution >= 0.6 is 23.8 Å². The molecule has 0 aliphatic carbocycles. The van der Waals surface area contributed by atoms with Gasteiger partial charge in [-0.1, -0.05) is 56.2 Å². The standard InChI is InChI=1S/C63H88ClN11O15S/c1-36(2)53(70-60(91)67-23-11-12-25-75-50(76)20-21-51(75)77)56(79)69-43(16-14-24-66-59(65)82)55(78)68-42-19-18-41(34-44(42)74-27-29-87-30-28-74)57(80)73(8)39(5)58(81)89-48-22-26-72(7)45-32-40(33-46(85-9)52(45)64)31-37(3)15-13-17-49(86-10)63(84)35-47(88-61(83)71-63)38(4)54-62(48,6)90-54/h13,15,17-21,32-34,36,38-39,43,47-49,53-54,84H,11-12,14,16,22-31,35H2,1-10H3,(H,68,78)(H,69,79)(H,71,83)(H3,65,66,82)(H2,67,70,91)/b17-13+,37-15+/t38-,39+,43+,47+,48+,49-,53+,54+,62+,63+/m1/s1. The first-order chi connectivity index (χ1) is 43.2. The summed E-state index contributed by atoms with van der Waals surface area (Å²) in [6, 6.07) is 4.60. The fourth-order valence-electron chi connectivity index (χ4n) is 11.6. The third-order valence-electron chi connectivity index (χ3n) is 17.2. The van der Waals surface area contributed by atoms with Crippen molar-refractivity contribution >= 4 is 93.6 Å². The minimum absolute atomic E-state index is 0.0646. The van der Waals surface area contributed by atoms with E-state index in [9.17, 15) is 43.5 Å². The first-order valence-corrected chi connectivity index (χ1v) is 31.5. The number of fused-ring (bicyclic) bond motifs is 5. The van der Waals surface area contributed by atoms with Crippen LogP contribution in [0.1, 0.15) is 96.0 Å². The Morgan fingerprint density at radius 2 is 1.66 bits per heavy atom. The van der Waals surface area contributed by atoms with Crippen LogP contribution < -0.4 is 52.2 Å². The van der Waals surface area contributed by atoms with Crippen molar-refractivity contribution in [2.45, 2.75) is 140 Å². The molecular weight excluding hydrogens is 1220 g/mol. The summed E-state index contributed by atoms with van der Waals surface area (Å²) in [5.74, 6) is -3.51. The van der Waals surface area contributed by atoms with E-state index in [0.29, 0.717) is 86.5 Å². The molecule has 4 bridgehead atoms. The largest absolute Gasteiger partial charge is 0.495 e. The van der Waals surface area contributed by atoms with Crippen molar-refractivity contribution in [3.8, 4) is 5.75 Å². The van der Waals surface area contributed by atoms with Crippen LogP contribution in [-0.2, 0) is 54.1 Å². The smallest absolute Gasteiger partial charge is 0.409 e. The number of amides is 8. The van der Waals surface area contributed by atoms with Crippen molar-refractivity contribution < 1.29 is 71.9 Å². The second-order valence-electron chi connectivity index (χ2n) is 24.2. The molecule has 9 N–H and O–H groups in total. The van der Waals surface area contributed by atoms with Crippen LogP contribution in [0.3, 0.4) is 0 Å². The first-order valence-electron chi connectivity index (χ1n) is 30.7. The van der Waals surface area contributed by atoms with Crippen LogP contribution in [0.2, 0.25) is 5.02 Å². The summed E-state index contributed by atoms with van der Waals surface area (Å²) in [5.41, 5.74) is 5.82. The van der Waals surface area contributed by atoms with Crippen LogP contribution in [0.4, 0.5) is 26.7 Å². The molecule has 28 heteroatoms. The van der Waals surface area contributed by atoms with Crippen molar-refractivity contribution in [2.75, 3.05) is 95.9 Å². The van der Waals surface area contributed by atoms with Crippen LogP contribution in [0.25, 0.3) is 0 Å². The Bertz CT molecular complexity index is 3110. The molecule has 10 atom stereocenters. The molecule has 0 unspecified atom stereocenters. The molecule has 3 fully saturated rings. The lowest BCUT2D eigenvalue weighted by Gasteiger charge is -2.42. The number of unbranched alkanes of at least 4 members (excludes halogenated alkanes) is 1. The molecule has 8 amide bonds. The van der Waals surface area contributed by atoms with E-state index in [2.05, 4.69) is 31.9 Å². The number of allylic oxidation sites excluding steroid dienone is 3. The molecule has 7 rings (SSSR count). The third-order valence-corrected chi connectivity index (χ3v) is 17.8. The van der Waals surface area contributed by atoms with E-state index in [1.807, 2.05) is 69.7 Å². The van der Waals surface area contributed by atoms with Crippen LogP contribution in [0.5, 0.6) is 5.75 Å². The monoisotopic (exact) mass is 1310 g/mol. The summed E-state index contributed by atoms with van der Waals surface area (Å²) < 4.78 is 35.9. The van der Waals surface area contributed by atoms with Gasteiger partial charge in [0, 0.05) is 96.9 Å². The summed E-state index contributed by atoms with van der Waals surface area (Å²) in [6.45, 7) is 13.3. The zero-order valence-corrected chi connectivity index (χ0v) is 55.0. The number of rotatable bonds is 22. The van der Waals surface area contributed by atoms with E-state index in [1.54, 1.807) is 31.2 Å². The Morgan fingerprint density at radius 1 is 0.956 bits per heavy atom. The van der Waals surface area contributed by atoms with Crippen molar-refractivity contribution in [2.24, 2.45) is 17.6 Å². The number of urea groups is 1. The molecular formula is C63H88ClN11O15S. The van der Waals surface area contributed by atoms with Gasteiger partial charge in [0.1, 0.15) is 52.8 Å². The molecule has 5 aliphatic heterocycles. The molecule has 0 spiro atoms. The molecule has 0 saturated carbocycles. The zero-order valence-electron chi connectivity index (χ0n) is 53.4. The number of nitrogens with two attached hydrogens (primary N) is 1. The second kappa shape index (κ2) is 31.6. The van der Waals surface area contributed by atoms with Gasteiger partial charge in [0.05, 0.1) is 43.5 Å². The summed E-state index contributed by atoms with van der Waals surface area (Å²) in [7, 11) is 6.32. The number of hydrogen-bond acceptors (Lipinski definition) is 18. The van der Waals surface area contributed by atoms with E-state index in [4.69, 9.17) is 58.0 Å². The fourth-order valence-corrected chi connectivity index (χ4v) is 12.2. The molecule has 3 saturated heterocycles. The van der Waals surface area contributed by atoms with Crippen LogP contribution in [-0.4, -0.2) is 202 Å². The minimum Gasteiger partial charge on any atom is -0.495 e. The SMILES string of the molecule is COc1cc2cc(c1Cl)N(C)CC[C@H](OC(=O)[C@H](C)N(C)C(=O)c1ccc(NC(=O)[C@H](CCCNC(N)=O)NC(=O)[C@@H](NC(=S)NCCCCN3C(=O)C=CC3=O)C(C)C)c(N3CCOCC3)c1)[C@]1(C)O[C@H]1[C@H](C)[C@@H]1C[C@@](O)(NC(=O)O1)[C@H](OC)/C=C/C=C(\C)C2. The highest BCUT2D eigenvalue weighted by Gasteiger charge is 2.64. The maximum absolute atomic E-state index is 14.7. The van der Waals surface area contributed by atoms with Gasteiger partial charge in [-0.05, 0) is 107 Å². The number of likely N-dealkylation sites (N-methyl/N-ethyl adjacent to an activating group) is 1. The number of ether oxygens (including phenoxy) is 6. The molecule has 26 nitrogen and oxygen atoms in total. The van der Waals surface area contributed by atoms with E-state index < -0.39 is 95.6 Å². The number of imide groups is 1. The van der Waals surface area contributed by atoms with Gasteiger partial charge in [-0.3, -0.25) is 34.2 Å². The lowest BCUT2D eigenvalue weighted by atomic mass is 9.83. The van der Waals surface area contributed by atoms with Gasteiger partial charge in [0.2, 0.25) is 11.8 Å². The molecule has 0 radical (unpaired) electrons. The second-order valence-corrected chi connectivity index (χ2v) is 25.0. The lowest BCUT2D eigenvalue weighted by Crippen LogP contribution is -2.63. The average molecular weight is 1310 g/mol. The number of morpholine rings is 1. The molecule has 91 heavy (non-hydrogen) atoms. The quantitative estimate of drug-likeness (QED) is 0.0269. The summed E-state index contributed by atoms with van der Waals surface area (Å²) in [5, 5.41) is 29.6. The number of carbonyl (C=O) groups is 8. The normalized spacial score (nSPS) is 25.3. The number of methoxy groups -OCH3 is 2. The number of epoxide rings is 1. The highest BCUT2D eigenvalue weighted by Crippen LogP contribution is 2.49. The number of thiocarbonyl (C=S) groups is 1. The zero-order chi connectivity index (χ0) is 66.5. The maximum Gasteiger partial charge on any atom is 0.409 e. The summed E-state index contributed by atoms with van der Waals surface area (Å²) in [6.07, 6.45) is 5.61. The number of alkyl carbamates (subject to hydrolysis) is 1. The topological polar surface area (TPSA) is 327 Å². The molecule has 2 aromatic carbocycles. The van der Waals surface area contributed by atoms with Crippen molar-refractivity contribution in [3.05, 3.63) is 82.4 Å². The molecule has 5 heterocycles. The third kappa shape index (κ3) is 18.1. The van der Waals surface area contributed by atoms with Gasteiger partial charge in [0.25, 0.3) is 17.7 Å². The van der Waals surface area contributed by atoms with Crippen molar-refractivity contribution in [3.63, 3.8) is 0 Å². The van der Waals surface area contributed by atoms with Gasteiger partial charge in [0.15, 0.2) is 10.8 Å². The molecule has 5 aliphatic rings. The van der Waals surface area contributed by atoms with Crippen LogP contribution in [0, 0.1) is 11.8 Å². The van der Waals surface area contributed by atoms with Gasteiger partial charge < -0.3 is 80.5 Å². The van der Waals surface area contributed by atoms with E-state index in [0.717, 1.165) is 16.0 Å². The van der Waals surface area contributed by atoms with E-state index in [1.165, 1.54) is 44.4 Å². The van der Waals surface area contributed by atoms with Crippen LogP contribution in [0.15, 0.2) is 66.3 Å². The van der Waals surface area contributed by atoms with Gasteiger partial charge >= 0.3 is 18.1 Å². The number of aliphatic hydroxyl groups is 1. The summed E-state index contributed by atoms with van der Waals surface area (Å²) in [4.78, 5) is 113. The first kappa shape index (κ1) is 70.9. The lowest BCUT2D eigenvalue weighted by molar-refractivity contribution is -0.157. The maximum atomic E-state index is 14.7. The number of nitrogens with one attached hydrogen (secondary N) is 6. The Balaban J connectivity index is 1.09. The molecule has 2 aromatic rings. The number of esters is 1. The van der Waals surface area contributed by atoms with E-state index >= 15 is 0 Å². The predicted molar refractivity (Wildman–Crippen MR) is 344 cm³/mol. The Morgan fingerprint density at radius 3 is 2.33 bits per heavy atom. The fraction of sp³-hybridized carbons (Fsp3) is 0.571. The highest BCUT2D eigenvalue weighted by atomic mass is 35.5. The number of anilines is 3. The van der Waals surface area contributed by atoms with Gasteiger partial charge in [-0.25, -0.2) is 14.4 Å². The predicted octanol–water partition coefficient (Wildman–Crippen LogP) is 4.20. The number of hydrogen-bond donors (Lipinski definition) is 8. The number of benzene rings is 2. The number of halogens is 1. The average Bonchev–Trinajstić information content (AvgIpc) is 1.59. The molecule has 498 valence electrons. The number of primary amides is 1. The van der Waals surface area contributed by atoms with Crippen molar-refractivity contribution in [1.29, 1.82) is 0 Å². The summed E-state index contributed by atoms with van der Waals surface area (Å²) >= 11 is 12.5. The van der Waals surface area contributed by atoms with Gasteiger partial charge in [-0.15, -0.1) is 0 Å². The Labute approximate surface area is 541 Å². The van der Waals surface area contributed by atoms with E-state index in [-0.39, 0.29) is 67.2 Å². The van der Waals surface area contributed by atoms with Gasteiger partial charge in [-0.2, -0.15) is 0 Å². The minimum atomic E-state index is -1.86.